The Bertz CT molecular complexity index is 805. The number of carbonyl (C=O) groups excluding carboxylic acids is 2. The van der Waals surface area contributed by atoms with Gasteiger partial charge in [-0.3, -0.25) is 9.59 Å². The monoisotopic (exact) mass is 424 g/mol. The first-order chi connectivity index (χ1) is 15.0. The number of nitrogens with zero attached hydrogens (tertiary/aromatic N) is 1. The number of nitrogens with one attached hydrogen (secondary N) is 1. The molecule has 2 amide bonds. The number of benzene rings is 2. The zero-order chi connectivity index (χ0) is 22.6. The molecule has 0 unspecified atom stereocenters. The van der Waals surface area contributed by atoms with E-state index in [-0.39, 0.29) is 24.5 Å². The van der Waals surface area contributed by atoms with Gasteiger partial charge in [0.25, 0.3) is 5.91 Å². The second kappa shape index (κ2) is 12.8. The molecule has 0 heterocycles. The van der Waals surface area contributed by atoms with Crippen molar-refractivity contribution in [3.05, 3.63) is 65.7 Å². The van der Waals surface area contributed by atoms with E-state index >= 15 is 0 Å². The molecule has 168 valence electrons. The van der Waals surface area contributed by atoms with Gasteiger partial charge in [0.2, 0.25) is 5.91 Å². The third-order valence-corrected chi connectivity index (χ3v) is 5.57. The molecule has 0 spiro atoms. The highest BCUT2D eigenvalue weighted by molar-refractivity contribution is 5.88. The Morgan fingerprint density at radius 1 is 0.935 bits per heavy atom. The van der Waals surface area contributed by atoms with Gasteiger partial charge in [0.1, 0.15) is 11.8 Å². The lowest BCUT2D eigenvalue weighted by Crippen LogP contribution is -2.52. The Labute approximate surface area is 186 Å². The van der Waals surface area contributed by atoms with Gasteiger partial charge in [-0.15, -0.1) is 0 Å². The lowest BCUT2D eigenvalue weighted by molar-refractivity contribution is -0.142. The maximum atomic E-state index is 13.1. The van der Waals surface area contributed by atoms with Crippen molar-refractivity contribution in [1.82, 2.24) is 10.2 Å². The van der Waals surface area contributed by atoms with Crippen molar-refractivity contribution in [3.8, 4) is 5.75 Å². The number of ether oxygens (including phenoxy) is 1. The fourth-order valence-corrected chi connectivity index (χ4v) is 3.39. The van der Waals surface area contributed by atoms with Crippen molar-refractivity contribution in [2.75, 3.05) is 13.2 Å². The molecule has 1 N–H and O–H groups in total. The first-order valence-electron chi connectivity index (χ1n) is 11.3. The number of hydrogen-bond acceptors (Lipinski definition) is 3. The standard InChI is InChI=1S/C26H36N2O3/c1-5-20(4)27-26(30)24(7-3)28(18-17-22-11-9-8-10-12-22)25(29)19-31-23-15-13-21(6-2)14-16-23/h8-16,20,24H,5-7,17-19H2,1-4H3,(H,27,30)/t20-,24-/m0/s1. The number of amides is 2. The van der Waals surface area contributed by atoms with Gasteiger partial charge in [-0.2, -0.15) is 0 Å². The van der Waals surface area contributed by atoms with Crippen LogP contribution >= 0.6 is 0 Å². The van der Waals surface area contributed by atoms with Crippen LogP contribution in [0, 0.1) is 0 Å². The molecule has 2 aromatic carbocycles. The third kappa shape index (κ3) is 7.74. The smallest absolute Gasteiger partial charge is 0.261 e. The molecule has 2 atom stereocenters. The van der Waals surface area contributed by atoms with Crippen molar-refractivity contribution in [2.24, 2.45) is 0 Å². The number of rotatable bonds is 12. The maximum Gasteiger partial charge on any atom is 0.261 e. The lowest BCUT2D eigenvalue weighted by Gasteiger charge is -2.31. The second-order valence-electron chi connectivity index (χ2n) is 7.85. The van der Waals surface area contributed by atoms with Crippen LogP contribution in [0.3, 0.4) is 0 Å². The predicted octanol–water partition coefficient (Wildman–Crippen LogP) is 4.39. The number of carbonyl (C=O) groups is 2. The molecule has 0 saturated heterocycles. The Morgan fingerprint density at radius 3 is 2.19 bits per heavy atom. The van der Waals surface area contributed by atoms with E-state index in [2.05, 4.69) is 12.2 Å². The van der Waals surface area contributed by atoms with E-state index in [1.165, 1.54) is 5.56 Å². The van der Waals surface area contributed by atoms with Crippen LogP contribution in [0.1, 0.15) is 51.7 Å². The minimum atomic E-state index is -0.517. The topological polar surface area (TPSA) is 58.6 Å². The fraction of sp³-hybridized carbons (Fsp3) is 0.462. The molecule has 31 heavy (non-hydrogen) atoms. The van der Waals surface area contributed by atoms with Crippen LogP contribution in [-0.2, 0) is 22.4 Å². The Hall–Kier alpha value is -2.82. The van der Waals surface area contributed by atoms with E-state index < -0.39 is 6.04 Å². The summed E-state index contributed by atoms with van der Waals surface area (Å²) < 4.78 is 5.75. The molecule has 2 aromatic rings. The molecule has 0 radical (unpaired) electrons. The van der Waals surface area contributed by atoms with Crippen LogP contribution in [-0.4, -0.2) is 41.9 Å². The number of aryl methyl sites for hydroxylation is 1. The fourth-order valence-electron chi connectivity index (χ4n) is 3.39. The van der Waals surface area contributed by atoms with Gasteiger partial charge >= 0.3 is 0 Å². The minimum absolute atomic E-state index is 0.0703. The zero-order valence-corrected chi connectivity index (χ0v) is 19.3. The van der Waals surface area contributed by atoms with Crippen LogP contribution in [0.5, 0.6) is 5.75 Å². The second-order valence-corrected chi connectivity index (χ2v) is 7.85. The van der Waals surface area contributed by atoms with E-state index in [9.17, 15) is 9.59 Å². The molecule has 2 rings (SSSR count). The quantitative estimate of drug-likeness (QED) is 0.550. The molecule has 0 aliphatic heterocycles. The predicted molar refractivity (Wildman–Crippen MR) is 125 cm³/mol. The molecule has 5 heteroatoms. The van der Waals surface area contributed by atoms with Gasteiger partial charge < -0.3 is 15.0 Å². The molecule has 0 bridgehead atoms. The van der Waals surface area contributed by atoms with Gasteiger partial charge in [0.05, 0.1) is 0 Å². The zero-order valence-electron chi connectivity index (χ0n) is 19.3. The highest BCUT2D eigenvalue weighted by atomic mass is 16.5. The molecule has 0 aromatic heterocycles. The normalized spacial score (nSPS) is 12.6. The van der Waals surface area contributed by atoms with E-state index in [0.29, 0.717) is 25.1 Å². The van der Waals surface area contributed by atoms with Crippen molar-refractivity contribution in [2.45, 2.75) is 65.5 Å². The summed E-state index contributed by atoms with van der Waals surface area (Å²) in [6, 6.07) is 17.3. The molecule has 0 fully saturated rings. The van der Waals surface area contributed by atoms with Crippen molar-refractivity contribution in [3.63, 3.8) is 0 Å². The van der Waals surface area contributed by atoms with Crippen molar-refractivity contribution in [1.29, 1.82) is 0 Å². The summed E-state index contributed by atoms with van der Waals surface area (Å²) in [7, 11) is 0. The maximum absolute atomic E-state index is 13.1. The summed E-state index contributed by atoms with van der Waals surface area (Å²) in [6.45, 7) is 8.42. The van der Waals surface area contributed by atoms with Crippen LogP contribution in [0.4, 0.5) is 0 Å². The molecular formula is C26H36N2O3. The molecule has 0 saturated carbocycles. The Morgan fingerprint density at radius 2 is 1.61 bits per heavy atom. The first kappa shape index (κ1) is 24.4. The average molecular weight is 425 g/mol. The van der Waals surface area contributed by atoms with E-state index in [0.717, 1.165) is 18.4 Å². The third-order valence-electron chi connectivity index (χ3n) is 5.57. The summed E-state index contributed by atoms with van der Waals surface area (Å²) in [4.78, 5) is 27.7. The van der Waals surface area contributed by atoms with Gasteiger partial charge in [-0.25, -0.2) is 0 Å². The largest absolute Gasteiger partial charge is 0.484 e. The summed E-state index contributed by atoms with van der Waals surface area (Å²) in [5, 5.41) is 3.03. The van der Waals surface area contributed by atoms with Crippen LogP contribution in [0.2, 0.25) is 0 Å². The summed E-state index contributed by atoms with van der Waals surface area (Å²) in [5.74, 6) is 0.373. The first-order valence-corrected chi connectivity index (χ1v) is 11.3. The van der Waals surface area contributed by atoms with E-state index in [4.69, 9.17) is 4.74 Å². The molecule has 5 nitrogen and oxygen atoms in total. The molecule has 0 aliphatic rings. The highest BCUT2D eigenvalue weighted by Gasteiger charge is 2.29. The number of hydrogen-bond donors (Lipinski definition) is 1. The van der Waals surface area contributed by atoms with Crippen LogP contribution in [0.15, 0.2) is 54.6 Å². The van der Waals surface area contributed by atoms with Crippen molar-refractivity contribution >= 4 is 11.8 Å². The van der Waals surface area contributed by atoms with Gasteiger partial charge in [-0.05, 0) is 55.9 Å². The highest BCUT2D eigenvalue weighted by Crippen LogP contribution is 2.14. The summed E-state index contributed by atoms with van der Waals surface area (Å²) in [5.41, 5.74) is 2.35. The Kier molecular flexibility index (Phi) is 10.1. The lowest BCUT2D eigenvalue weighted by atomic mass is 10.1. The molecular weight excluding hydrogens is 388 g/mol. The SMILES string of the molecule is CCc1ccc(OCC(=O)N(CCc2ccccc2)[C@@H](CC)C(=O)N[C@@H](C)CC)cc1. The van der Waals surface area contributed by atoms with E-state index in [1.54, 1.807) is 4.90 Å². The summed E-state index contributed by atoms with van der Waals surface area (Å²) in [6.07, 6.45) is 3.03. The molecule has 0 aliphatic carbocycles. The van der Waals surface area contributed by atoms with Gasteiger partial charge in [0.15, 0.2) is 6.61 Å². The van der Waals surface area contributed by atoms with Crippen molar-refractivity contribution < 1.29 is 14.3 Å². The summed E-state index contributed by atoms with van der Waals surface area (Å²) >= 11 is 0. The minimum Gasteiger partial charge on any atom is -0.484 e. The van der Waals surface area contributed by atoms with Crippen LogP contribution < -0.4 is 10.1 Å². The van der Waals surface area contributed by atoms with Gasteiger partial charge in [0, 0.05) is 12.6 Å². The Balaban J connectivity index is 2.11. The van der Waals surface area contributed by atoms with E-state index in [1.807, 2.05) is 75.4 Å². The average Bonchev–Trinajstić information content (AvgIpc) is 2.80. The van der Waals surface area contributed by atoms with Crippen LogP contribution in [0.25, 0.3) is 0 Å². The van der Waals surface area contributed by atoms with Gasteiger partial charge in [-0.1, -0.05) is 63.2 Å².